The predicted octanol–water partition coefficient (Wildman–Crippen LogP) is 6.10. The first-order valence-electron chi connectivity index (χ1n) is 14.9. The van der Waals surface area contributed by atoms with Crippen LogP contribution in [0.15, 0.2) is 12.2 Å². The zero-order valence-corrected chi connectivity index (χ0v) is 24.1. The Hall–Kier alpha value is -1.89. The van der Waals surface area contributed by atoms with Crippen LogP contribution in [0.3, 0.4) is 0 Å². The minimum absolute atomic E-state index is 0.131. The van der Waals surface area contributed by atoms with Gasteiger partial charge in [0, 0.05) is 19.3 Å². The Kier molecular flexibility index (Phi) is 20.0. The van der Waals surface area contributed by atoms with Gasteiger partial charge >= 0.3 is 11.9 Å². The summed E-state index contributed by atoms with van der Waals surface area (Å²) < 4.78 is -0.467. The van der Waals surface area contributed by atoms with E-state index in [1.807, 2.05) is 0 Å². The van der Waals surface area contributed by atoms with Gasteiger partial charge in [-0.15, -0.1) is 0 Å². The van der Waals surface area contributed by atoms with Crippen molar-refractivity contribution in [3.63, 3.8) is 0 Å². The number of allylic oxidation sites excluding steroid dienone is 2. The molecule has 2 N–H and O–H groups in total. The van der Waals surface area contributed by atoms with Gasteiger partial charge in [0.25, 0.3) is 0 Å². The lowest BCUT2D eigenvalue weighted by atomic mass is 9.93. The van der Waals surface area contributed by atoms with E-state index in [-0.39, 0.29) is 25.8 Å². The van der Waals surface area contributed by atoms with Gasteiger partial charge in [0.1, 0.15) is 6.04 Å². The molecule has 0 radical (unpaired) electrons. The number of aliphatic carboxylic acids is 3. The van der Waals surface area contributed by atoms with Gasteiger partial charge in [-0.1, -0.05) is 97.6 Å². The van der Waals surface area contributed by atoms with Gasteiger partial charge in [-0.3, -0.25) is 4.48 Å². The van der Waals surface area contributed by atoms with E-state index in [2.05, 4.69) is 19.1 Å². The summed E-state index contributed by atoms with van der Waals surface area (Å²) in [7, 11) is 0. The molecule has 0 heterocycles. The van der Waals surface area contributed by atoms with Gasteiger partial charge in [-0.25, -0.2) is 9.59 Å². The van der Waals surface area contributed by atoms with Gasteiger partial charge in [0.05, 0.1) is 12.5 Å². The Bertz CT molecular complexity index is 607. The van der Waals surface area contributed by atoms with Crippen molar-refractivity contribution in [3.05, 3.63) is 12.2 Å². The second kappa shape index (κ2) is 21.1. The molecular weight excluding hydrogens is 470 g/mol. The molecule has 0 aromatic rings. The standard InChI is InChI=1S/C30H55NO6/c1-5-9-10-11-12-13-14-15-16-17-18-19-20-21-22-23-24-31(25(6-2)28(32)33,26(7-3)29(34)35)27(8-4)30(36)37/h9-10,25-27H,5-8,11-24H2,1-4H3,(H2-,32,33,34,35,36,37)/b10-9+. The number of unbranched alkanes of at least 4 members (excludes halogenated alkanes) is 12. The number of carbonyl (C=O) groups excluding carboxylic acids is 1. The molecule has 0 rings (SSSR count). The van der Waals surface area contributed by atoms with Crippen LogP contribution >= 0.6 is 0 Å². The number of hydrogen-bond donors (Lipinski definition) is 2. The van der Waals surface area contributed by atoms with Crippen molar-refractivity contribution < 1.29 is 34.2 Å². The number of carbonyl (C=O) groups is 3. The maximum absolute atomic E-state index is 12.2. The van der Waals surface area contributed by atoms with E-state index >= 15 is 0 Å². The van der Waals surface area contributed by atoms with Crippen LogP contribution in [0.2, 0.25) is 0 Å². The topological polar surface area (TPSA) is 115 Å². The lowest BCUT2D eigenvalue weighted by molar-refractivity contribution is -0.974. The first-order chi connectivity index (χ1) is 17.7. The zero-order valence-electron chi connectivity index (χ0n) is 24.1. The van der Waals surface area contributed by atoms with Crippen LogP contribution in [0.5, 0.6) is 0 Å². The second-order valence-electron chi connectivity index (χ2n) is 10.4. The first-order valence-corrected chi connectivity index (χ1v) is 14.9. The fraction of sp³-hybridized carbons (Fsp3) is 0.833. The van der Waals surface area contributed by atoms with Gasteiger partial charge in [-0.2, -0.15) is 0 Å². The Morgan fingerprint density at radius 3 is 1.32 bits per heavy atom. The van der Waals surface area contributed by atoms with E-state index in [1.165, 1.54) is 51.4 Å². The number of rotatable bonds is 25. The molecule has 0 aromatic heterocycles. The highest BCUT2D eigenvalue weighted by molar-refractivity contribution is 5.77. The van der Waals surface area contributed by atoms with Crippen molar-refractivity contribution in [2.45, 2.75) is 155 Å². The van der Waals surface area contributed by atoms with Gasteiger partial charge in [0.2, 0.25) is 0 Å². The zero-order chi connectivity index (χ0) is 28.1. The van der Waals surface area contributed by atoms with Crippen molar-refractivity contribution in [2.24, 2.45) is 0 Å². The second-order valence-corrected chi connectivity index (χ2v) is 10.4. The molecule has 7 nitrogen and oxygen atoms in total. The van der Waals surface area contributed by atoms with Crippen molar-refractivity contribution in [1.29, 1.82) is 0 Å². The van der Waals surface area contributed by atoms with Crippen LogP contribution < -0.4 is 5.11 Å². The molecule has 0 saturated heterocycles. The maximum Gasteiger partial charge on any atom is 0.362 e. The monoisotopic (exact) mass is 525 g/mol. The maximum atomic E-state index is 12.2. The number of carboxylic acids is 3. The Labute approximate surface area is 225 Å². The van der Waals surface area contributed by atoms with Gasteiger partial charge in [-0.05, 0) is 32.1 Å². The average molecular weight is 526 g/mol. The van der Waals surface area contributed by atoms with E-state index in [4.69, 9.17) is 0 Å². The summed E-state index contributed by atoms with van der Waals surface area (Å²) >= 11 is 0. The molecular formula is C30H55NO6. The predicted molar refractivity (Wildman–Crippen MR) is 147 cm³/mol. The summed E-state index contributed by atoms with van der Waals surface area (Å²) in [5, 5.41) is 32.1. The van der Waals surface area contributed by atoms with E-state index in [0.717, 1.165) is 32.1 Å². The summed E-state index contributed by atoms with van der Waals surface area (Å²) in [5.74, 6) is -3.65. The van der Waals surface area contributed by atoms with E-state index < -0.39 is 40.5 Å². The molecule has 0 aromatic carbocycles. The molecule has 3 unspecified atom stereocenters. The molecule has 0 spiro atoms. The lowest BCUT2D eigenvalue weighted by Crippen LogP contribution is -2.73. The molecule has 0 amide bonds. The lowest BCUT2D eigenvalue weighted by Gasteiger charge is -2.51. The number of carboxylic acid groups (broad SMARTS) is 3. The summed E-state index contributed by atoms with van der Waals surface area (Å²) in [6.45, 7) is 7.43. The third-order valence-electron chi connectivity index (χ3n) is 7.81. The highest BCUT2D eigenvalue weighted by atomic mass is 16.4. The fourth-order valence-corrected chi connectivity index (χ4v) is 5.96. The Morgan fingerprint density at radius 2 is 1.00 bits per heavy atom. The van der Waals surface area contributed by atoms with Crippen molar-refractivity contribution in [2.75, 3.05) is 6.54 Å². The highest BCUT2D eigenvalue weighted by Gasteiger charge is 2.53. The number of nitrogens with zero attached hydrogens (tertiary/aromatic N) is 1. The van der Waals surface area contributed by atoms with E-state index in [1.54, 1.807) is 20.8 Å². The van der Waals surface area contributed by atoms with Crippen molar-refractivity contribution >= 4 is 17.9 Å². The molecule has 37 heavy (non-hydrogen) atoms. The summed E-state index contributed by atoms with van der Waals surface area (Å²) in [6.07, 6.45) is 21.0. The van der Waals surface area contributed by atoms with Crippen LogP contribution in [0, 0.1) is 0 Å². The van der Waals surface area contributed by atoms with Crippen LogP contribution in [-0.4, -0.2) is 57.3 Å². The molecule has 0 aliphatic rings. The third kappa shape index (κ3) is 12.5. The molecule has 0 saturated carbocycles. The molecule has 7 heteroatoms. The van der Waals surface area contributed by atoms with E-state index in [9.17, 15) is 29.7 Å². The SMILES string of the molecule is CC/C=C/CCCCCCCCCCCCCC[N+](C(CC)C(=O)[O-])(C(CC)C(=O)O)C(CC)C(=O)O. The van der Waals surface area contributed by atoms with E-state index in [0.29, 0.717) is 6.42 Å². The molecule has 3 atom stereocenters. The quantitative estimate of drug-likeness (QED) is 0.0846. The summed E-state index contributed by atoms with van der Waals surface area (Å²) in [5.41, 5.74) is 0. The molecule has 0 bridgehead atoms. The number of quaternary nitrogens is 1. The van der Waals surface area contributed by atoms with Crippen LogP contribution in [0.4, 0.5) is 0 Å². The normalized spacial score (nSPS) is 15.8. The Morgan fingerprint density at radius 1 is 0.622 bits per heavy atom. The van der Waals surface area contributed by atoms with Gasteiger partial charge in [0.15, 0.2) is 12.1 Å². The fourth-order valence-electron chi connectivity index (χ4n) is 5.96. The van der Waals surface area contributed by atoms with Crippen LogP contribution in [0.1, 0.15) is 137 Å². The Balaban J connectivity index is 4.73. The largest absolute Gasteiger partial charge is 0.544 e. The molecule has 216 valence electrons. The van der Waals surface area contributed by atoms with Gasteiger partial charge < -0.3 is 20.1 Å². The molecule has 0 aliphatic carbocycles. The van der Waals surface area contributed by atoms with Crippen LogP contribution in [-0.2, 0) is 14.4 Å². The molecule has 0 aliphatic heterocycles. The molecule has 0 fully saturated rings. The average Bonchev–Trinajstić information content (AvgIpc) is 2.84. The summed E-state index contributed by atoms with van der Waals surface area (Å²) in [6, 6.07) is -3.37. The smallest absolute Gasteiger partial charge is 0.362 e. The van der Waals surface area contributed by atoms with Crippen LogP contribution in [0.25, 0.3) is 0 Å². The minimum Gasteiger partial charge on any atom is -0.544 e. The van der Waals surface area contributed by atoms with Crippen molar-refractivity contribution in [1.82, 2.24) is 0 Å². The summed E-state index contributed by atoms with van der Waals surface area (Å²) in [4.78, 5) is 36.5. The number of hydrogen-bond acceptors (Lipinski definition) is 4. The highest BCUT2D eigenvalue weighted by Crippen LogP contribution is 2.32. The third-order valence-corrected chi connectivity index (χ3v) is 7.81. The first kappa shape index (κ1) is 35.1. The van der Waals surface area contributed by atoms with Crippen molar-refractivity contribution in [3.8, 4) is 0 Å². The minimum atomic E-state index is -1.37.